The fourth-order valence-electron chi connectivity index (χ4n) is 3.12. The van der Waals surface area contributed by atoms with Gasteiger partial charge in [0.15, 0.2) is 0 Å². The van der Waals surface area contributed by atoms with Crippen LogP contribution in [-0.2, 0) is 9.57 Å². The molecule has 0 radical (unpaired) electrons. The van der Waals surface area contributed by atoms with Crippen LogP contribution in [0, 0.1) is 0 Å². The van der Waals surface area contributed by atoms with Crippen molar-refractivity contribution in [1.82, 2.24) is 5.06 Å². The Morgan fingerprint density at radius 2 is 1.64 bits per heavy atom. The number of hydroxylamine groups is 2. The summed E-state index contributed by atoms with van der Waals surface area (Å²) >= 11 is 13.8. The first-order valence-corrected chi connectivity index (χ1v) is 11.0. The number of methoxy groups -OCH3 is 1. The van der Waals surface area contributed by atoms with E-state index < -0.39 is 0 Å². The summed E-state index contributed by atoms with van der Waals surface area (Å²) in [7, 11) is 3.42. The van der Waals surface area contributed by atoms with Crippen LogP contribution in [-0.4, -0.2) is 31.9 Å². The lowest BCUT2D eigenvalue weighted by Gasteiger charge is -2.32. The summed E-state index contributed by atoms with van der Waals surface area (Å²) in [6, 6.07) is 0.0581. The van der Waals surface area contributed by atoms with Crippen LogP contribution in [0.3, 0.4) is 0 Å². The van der Waals surface area contributed by atoms with Crippen LogP contribution < -0.4 is 0 Å². The first-order chi connectivity index (χ1) is 12.1. The Morgan fingerprint density at radius 3 is 2.12 bits per heavy atom. The van der Waals surface area contributed by atoms with Crippen LogP contribution >= 0.6 is 34.5 Å². The third-order valence-electron chi connectivity index (χ3n) is 4.63. The highest BCUT2D eigenvalue weighted by molar-refractivity contribution is 7.15. The average Bonchev–Trinajstić information content (AvgIpc) is 2.94. The molecule has 0 aromatic carbocycles. The molecule has 0 aliphatic rings. The molecule has 6 heteroatoms. The normalized spacial score (nSPS) is 14.2. The van der Waals surface area contributed by atoms with Crippen LogP contribution in [0.1, 0.15) is 76.9 Å². The number of unbranched alkanes of at least 4 members (excludes halogenated alkanes) is 7. The maximum absolute atomic E-state index is 6.31. The smallest absolute Gasteiger partial charge is 0.112 e. The molecule has 0 aliphatic carbocycles. The summed E-state index contributed by atoms with van der Waals surface area (Å²) < 4.78 is 6.31. The van der Waals surface area contributed by atoms with Gasteiger partial charge in [-0.05, 0) is 18.7 Å². The van der Waals surface area contributed by atoms with Crippen LogP contribution in [0.5, 0.6) is 0 Å². The van der Waals surface area contributed by atoms with E-state index >= 15 is 0 Å². The number of halogens is 2. The molecule has 146 valence electrons. The molecule has 0 amide bonds. The Balaban J connectivity index is 2.42. The Labute approximate surface area is 167 Å². The number of nitrogens with zero attached hydrogens (tertiary/aromatic N) is 1. The Bertz CT molecular complexity index is 470. The quantitative estimate of drug-likeness (QED) is 0.240. The Morgan fingerprint density at radius 1 is 1.04 bits per heavy atom. The summed E-state index contributed by atoms with van der Waals surface area (Å²) in [5, 5.41) is 4.56. The van der Waals surface area contributed by atoms with Gasteiger partial charge in [0.25, 0.3) is 0 Å². The maximum atomic E-state index is 6.31. The molecular formula is C19H33Cl2NO2S. The minimum Gasteiger partial charge on any atom is -0.375 e. The second-order valence-electron chi connectivity index (χ2n) is 6.47. The van der Waals surface area contributed by atoms with Crippen LogP contribution in [0.15, 0.2) is 5.38 Å². The van der Waals surface area contributed by atoms with Gasteiger partial charge in [0, 0.05) is 19.2 Å². The van der Waals surface area contributed by atoms with Gasteiger partial charge < -0.3 is 9.57 Å². The SMILES string of the molecule is CCCCCCCCCCN(OC)C(C)C(OC)c1csc(Cl)c1Cl. The maximum Gasteiger partial charge on any atom is 0.112 e. The monoisotopic (exact) mass is 409 g/mol. The van der Waals surface area contributed by atoms with Gasteiger partial charge in [-0.15, -0.1) is 11.3 Å². The zero-order valence-corrected chi connectivity index (χ0v) is 18.4. The van der Waals surface area contributed by atoms with Crippen molar-refractivity contribution in [3.8, 4) is 0 Å². The Kier molecular flexibility index (Phi) is 12.4. The summed E-state index contributed by atoms with van der Waals surface area (Å²) in [5.41, 5.74) is 0.935. The molecule has 0 bridgehead atoms. The third kappa shape index (κ3) is 7.74. The van der Waals surface area contributed by atoms with Gasteiger partial charge in [-0.2, -0.15) is 5.06 Å². The lowest BCUT2D eigenvalue weighted by molar-refractivity contribution is -0.184. The zero-order valence-electron chi connectivity index (χ0n) is 16.0. The molecule has 1 rings (SSSR count). The standard InChI is InChI=1S/C19H33Cl2NO2S/c1-5-6-7-8-9-10-11-12-13-22(24-4)15(2)18(23-3)16-14-25-19(21)17(16)20/h14-15,18H,5-13H2,1-4H3. The predicted molar refractivity (Wildman–Crippen MR) is 110 cm³/mol. The third-order valence-corrected chi connectivity index (χ3v) is 6.49. The highest BCUT2D eigenvalue weighted by Gasteiger charge is 2.28. The van der Waals surface area contributed by atoms with Crippen molar-refractivity contribution in [1.29, 1.82) is 0 Å². The van der Waals surface area contributed by atoms with Crippen molar-refractivity contribution in [3.63, 3.8) is 0 Å². The molecule has 0 fully saturated rings. The lowest BCUT2D eigenvalue weighted by atomic mass is 10.1. The first-order valence-electron chi connectivity index (χ1n) is 9.32. The fourth-order valence-corrected chi connectivity index (χ4v) is 4.43. The van der Waals surface area contributed by atoms with E-state index in [1.165, 1.54) is 56.3 Å². The van der Waals surface area contributed by atoms with E-state index in [4.69, 9.17) is 32.8 Å². The molecule has 1 aromatic heterocycles. The molecule has 0 saturated heterocycles. The molecule has 0 spiro atoms. The van der Waals surface area contributed by atoms with Gasteiger partial charge in [-0.25, -0.2) is 0 Å². The van der Waals surface area contributed by atoms with Gasteiger partial charge >= 0.3 is 0 Å². The van der Waals surface area contributed by atoms with E-state index in [2.05, 4.69) is 13.8 Å². The van der Waals surface area contributed by atoms with E-state index in [0.29, 0.717) is 9.36 Å². The van der Waals surface area contributed by atoms with Crippen LogP contribution in [0.4, 0.5) is 0 Å². The summed E-state index contributed by atoms with van der Waals surface area (Å²) in [6.07, 6.45) is 10.2. The van der Waals surface area contributed by atoms with Crippen molar-refractivity contribution in [2.75, 3.05) is 20.8 Å². The van der Waals surface area contributed by atoms with Crippen LogP contribution in [0.2, 0.25) is 9.36 Å². The van der Waals surface area contributed by atoms with E-state index in [1.54, 1.807) is 14.2 Å². The van der Waals surface area contributed by atoms with Gasteiger partial charge in [-0.1, -0.05) is 75.1 Å². The highest BCUT2D eigenvalue weighted by atomic mass is 35.5. The fraction of sp³-hybridized carbons (Fsp3) is 0.789. The van der Waals surface area contributed by atoms with E-state index in [-0.39, 0.29) is 12.1 Å². The summed E-state index contributed by atoms with van der Waals surface area (Å²) in [4.78, 5) is 5.60. The van der Waals surface area contributed by atoms with Crippen molar-refractivity contribution >= 4 is 34.5 Å². The van der Waals surface area contributed by atoms with E-state index in [0.717, 1.165) is 18.5 Å². The van der Waals surface area contributed by atoms with Gasteiger partial charge in [0.2, 0.25) is 0 Å². The number of ether oxygens (including phenoxy) is 1. The van der Waals surface area contributed by atoms with Crippen molar-refractivity contribution in [2.24, 2.45) is 0 Å². The van der Waals surface area contributed by atoms with Crippen molar-refractivity contribution in [2.45, 2.75) is 77.4 Å². The number of rotatable bonds is 14. The molecule has 0 aliphatic heterocycles. The number of hydrogen-bond acceptors (Lipinski definition) is 4. The Hall–Kier alpha value is 0.160. The number of hydrogen-bond donors (Lipinski definition) is 0. The van der Waals surface area contributed by atoms with E-state index in [9.17, 15) is 0 Å². The molecule has 25 heavy (non-hydrogen) atoms. The van der Waals surface area contributed by atoms with E-state index in [1.807, 2.05) is 10.4 Å². The number of thiophene rings is 1. The lowest BCUT2D eigenvalue weighted by Crippen LogP contribution is -2.38. The second-order valence-corrected chi connectivity index (χ2v) is 8.33. The first kappa shape index (κ1) is 23.2. The molecule has 3 nitrogen and oxygen atoms in total. The summed E-state index contributed by atoms with van der Waals surface area (Å²) in [6.45, 7) is 5.25. The van der Waals surface area contributed by atoms with Crippen LogP contribution in [0.25, 0.3) is 0 Å². The molecule has 0 N–H and O–H groups in total. The van der Waals surface area contributed by atoms with Crippen molar-refractivity contribution < 1.29 is 9.57 Å². The van der Waals surface area contributed by atoms with Gasteiger partial charge in [-0.3, -0.25) is 0 Å². The largest absolute Gasteiger partial charge is 0.375 e. The molecule has 2 unspecified atom stereocenters. The molecule has 1 heterocycles. The second kappa shape index (κ2) is 13.3. The minimum atomic E-state index is -0.162. The minimum absolute atomic E-state index is 0.0581. The van der Waals surface area contributed by atoms with Gasteiger partial charge in [0.05, 0.1) is 18.2 Å². The highest BCUT2D eigenvalue weighted by Crippen LogP contribution is 2.39. The topological polar surface area (TPSA) is 21.7 Å². The zero-order chi connectivity index (χ0) is 18.7. The molecule has 1 aromatic rings. The molecular weight excluding hydrogens is 377 g/mol. The van der Waals surface area contributed by atoms with Gasteiger partial charge in [0.1, 0.15) is 10.4 Å². The van der Waals surface area contributed by atoms with Crippen molar-refractivity contribution in [3.05, 3.63) is 20.3 Å². The average molecular weight is 410 g/mol. The summed E-state index contributed by atoms with van der Waals surface area (Å²) in [5.74, 6) is 0. The predicted octanol–water partition coefficient (Wildman–Crippen LogP) is 7.14. The molecule has 2 atom stereocenters. The molecule has 0 saturated carbocycles.